The molecule has 1 aliphatic rings. The van der Waals surface area contributed by atoms with Crippen LogP contribution in [-0.2, 0) is 4.79 Å². The molecule has 0 aromatic heterocycles. The van der Waals surface area contributed by atoms with Gasteiger partial charge in [-0.15, -0.1) is 0 Å². The number of aliphatic carboxylic acids is 1. The number of hydrogen-bond acceptors (Lipinski definition) is 4. The Labute approximate surface area is 116 Å². The van der Waals surface area contributed by atoms with E-state index in [-0.39, 0.29) is 25.0 Å². The highest BCUT2D eigenvalue weighted by Gasteiger charge is 2.22. The topological polar surface area (TPSA) is 84.9 Å². The Morgan fingerprint density at radius 1 is 1.30 bits per heavy atom. The molecule has 6 nitrogen and oxygen atoms in total. The molecule has 0 aliphatic carbocycles. The lowest BCUT2D eigenvalue weighted by molar-refractivity contribution is -0.137. The number of ether oxygens (including phenoxy) is 2. The van der Waals surface area contributed by atoms with Crippen molar-refractivity contribution in [2.75, 3.05) is 6.79 Å². The number of carboxylic acid groups (broad SMARTS) is 1. The number of nitrogens with one attached hydrogen (secondary N) is 1. The lowest BCUT2D eigenvalue weighted by atomic mass is 10.0. The number of rotatable bonds is 5. The standard InChI is InChI=1S/C14H17NO5/c1-8(2)10(6-13(16)17)15-14(18)9-3-4-11-12(5-9)20-7-19-11/h3-5,8,10H,6-7H2,1-2H3,(H,15,18)(H,16,17). The summed E-state index contributed by atoms with van der Waals surface area (Å²) in [5.41, 5.74) is 0.422. The van der Waals surface area contributed by atoms with Gasteiger partial charge in [-0.3, -0.25) is 9.59 Å². The summed E-state index contributed by atoms with van der Waals surface area (Å²) in [7, 11) is 0. The van der Waals surface area contributed by atoms with E-state index in [1.807, 2.05) is 13.8 Å². The van der Waals surface area contributed by atoms with Crippen LogP contribution >= 0.6 is 0 Å². The van der Waals surface area contributed by atoms with Gasteiger partial charge in [-0.1, -0.05) is 13.8 Å². The molecule has 0 saturated heterocycles. The summed E-state index contributed by atoms with van der Waals surface area (Å²) >= 11 is 0. The number of benzene rings is 1. The number of carbonyl (C=O) groups excluding carboxylic acids is 1. The Balaban J connectivity index is 2.08. The second kappa shape index (κ2) is 5.81. The largest absolute Gasteiger partial charge is 0.481 e. The highest BCUT2D eigenvalue weighted by molar-refractivity contribution is 5.95. The van der Waals surface area contributed by atoms with E-state index in [1.54, 1.807) is 18.2 Å². The van der Waals surface area contributed by atoms with Gasteiger partial charge in [0.2, 0.25) is 6.79 Å². The van der Waals surface area contributed by atoms with Crippen LogP contribution in [0.3, 0.4) is 0 Å². The van der Waals surface area contributed by atoms with Gasteiger partial charge >= 0.3 is 5.97 Å². The first-order valence-corrected chi connectivity index (χ1v) is 6.39. The predicted molar refractivity (Wildman–Crippen MR) is 70.9 cm³/mol. The third-order valence-corrected chi connectivity index (χ3v) is 3.15. The lowest BCUT2D eigenvalue weighted by Gasteiger charge is -2.20. The Kier molecular flexibility index (Phi) is 4.12. The third-order valence-electron chi connectivity index (χ3n) is 3.15. The van der Waals surface area contributed by atoms with Crippen molar-refractivity contribution in [1.82, 2.24) is 5.32 Å². The predicted octanol–water partition coefficient (Wildman–Crippen LogP) is 1.64. The molecule has 2 N–H and O–H groups in total. The molecule has 0 spiro atoms. The second-order valence-electron chi connectivity index (χ2n) is 4.99. The minimum Gasteiger partial charge on any atom is -0.481 e. The summed E-state index contributed by atoms with van der Waals surface area (Å²) in [5, 5.41) is 11.6. The summed E-state index contributed by atoms with van der Waals surface area (Å²) in [6.07, 6.45) is -0.103. The summed E-state index contributed by atoms with van der Waals surface area (Å²) in [4.78, 5) is 22.9. The summed E-state index contributed by atoms with van der Waals surface area (Å²) < 4.78 is 10.4. The van der Waals surface area contributed by atoms with Crippen LogP contribution < -0.4 is 14.8 Å². The molecule has 20 heavy (non-hydrogen) atoms. The van der Waals surface area contributed by atoms with Crippen LogP contribution in [0.25, 0.3) is 0 Å². The van der Waals surface area contributed by atoms with E-state index < -0.39 is 12.0 Å². The van der Waals surface area contributed by atoms with Gasteiger partial charge in [0.05, 0.1) is 6.42 Å². The number of carboxylic acids is 1. The molecule has 1 aliphatic heterocycles. The lowest BCUT2D eigenvalue weighted by Crippen LogP contribution is -2.40. The Morgan fingerprint density at radius 2 is 2.00 bits per heavy atom. The molecule has 0 fully saturated rings. The third kappa shape index (κ3) is 3.20. The SMILES string of the molecule is CC(C)C(CC(=O)O)NC(=O)c1ccc2c(c1)OCO2. The van der Waals surface area contributed by atoms with E-state index in [2.05, 4.69) is 5.32 Å². The van der Waals surface area contributed by atoms with Crippen LogP contribution in [0.15, 0.2) is 18.2 Å². The normalized spacial score (nSPS) is 14.2. The van der Waals surface area contributed by atoms with E-state index in [9.17, 15) is 9.59 Å². The van der Waals surface area contributed by atoms with Crippen molar-refractivity contribution in [3.8, 4) is 11.5 Å². The van der Waals surface area contributed by atoms with Crippen molar-refractivity contribution in [2.24, 2.45) is 5.92 Å². The first kappa shape index (κ1) is 14.2. The van der Waals surface area contributed by atoms with Gasteiger partial charge in [0.15, 0.2) is 11.5 Å². The maximum absolute atomic E-state index is 12.1. The van der Waals surface area contributed by atoms with E-state index >= 15 is 0 Å². The van der Waals surface area contributed by atoms with Gasteiger partial charge in [0.25, 0.3) is 5.91 Å². The van der Waals surface area contributed by atoms with E-state index in [0.29, 0.717) is 17.1 Å². The summed E-state index contributed by atoms with van der Waals surface area (Å²) in [6, 6.07) is 4.47. The fourth-order valence-corrected chi connectivity index (χ4v) is 1.93. The van der Waals surface area contributed by atoms with E-state index in [0.717, 1.165) is 0 Å². The van der Waals surface area contributed by atoms with Gasteiger partial charge in [-0.25, -0.2) is 0 Å². The van der Waals surface area contributed by atoms with Crippen molar-refractivity contribution < 1.29 is 24.2 Å². The van der Waals surface area contributed by atoms with Crippen LogP contribution in [0.1, 0.15) is 30.6 Å². The molecule has 108 valence electrons. The van der Waals surface area contributed by atoms with Gasteiger partial charge < -0.3 is 19.9 Å². The minimum atomic E-state index is -0.935. The number of carbonyl (C=O) groups is 2. The quantitative estimate of drug-likeness (QED) is 0.856. The van der Waals surface area contributed by atoms with Gasteiger partial charge in [0.1, 0.15) is 0 Å². The van der Waals surface area contributed by atoms with Crippen molar-refractivity contribution in [3.05, 3.63) is 23.8 Å². The highest BCUT2D eigenvalue weighted by atomic mass is 16.7. The summed E-state index contributed by atoms with van der Waals surface area (Å²) in [5.74, 6) is -0.0912. The minimum absolute atomic E-state index is 0.0315. The molecular weight excluding hydrogens is 262 g/mol. The molecule has 1 atom stereocenters. The van der Waals surface area contributed by atoms with Crippen molar-refractivity contribution in [2.45, 2.75) is 26.3 Å². The first-order valence-electron chi connectivity index (χ1n) is 6.39. The monoisotopic (exact) mass is 279 g/mol. The van der Waals surface area contributed by atoms with Crippen LogP contribution in [0.5, 0.6) is 11.5 Å². The van der Waals surface area contributed by atoms with Crippen LogP contribution in [0.2, 0.25) is 0 Å². The molecular formula is C14H17NO5. The zero-order chi connectivity index (χ0) is 14.7. The molecule has 1 aromatic rings. The maximum atomic E-state index is 12.1. The zero-order valence-electron chi connectivity index (χ0n) is 11.4. The molecule has 6 heteroatoms. The zero-order valence-corrected chi connectivity index (χ0v) is 11.4. The Bertz CT molecular complexity index is 526. The average molecular weight is 279 g/mol. The van der Waals surface area contributed by atoms with E-state index in [1.165, 1.54) is 0 Å². The number of hydrogen-bond donors (Lipinski definition) is 2. The fourth-order valence-electron chi connectivity index (χ4n) is 1.93. The molecule has 0 radical (unpaired) electrons. The summed E-state index contributed by atoms with van der Waals surface area (Å²) in [6.45, 7) is 3.88. The van der Waals surface area contributed by atoms with E-state index in [4.69, 9.17) is 14.6 Å². The molecule has 1 aromatic carbocycles. The molecule has 2 rings (SSSR count). The van der Waals surface area contributed by atoms with Gasteiger partial charge in [-0.2, -0.15) is 0 Å². The van der Waals surface area contributed by atoms with Gasteiger partial charge in [-0.05, 0) is 24.1 Å². The average Bonchev–Trinajstić information content (AvgIpc) is 2.84. The number of fused-ring (bicyclic) bond motifs is 1. The maximum Gasteiger partial charge on any atom is 0.305 e. The molecule has 0 bridgehead atoms. The molecule has 1 unspecified atom stereocenters. The van der Waals surface area contributed by atoms with Crippen LogP contribution in [0, 0.1) is 5.92 Å². The van der Waals surface area contributed by atoms with Gasteiger partial charge in [0, 0.05) is 11.6 Å². The van der Waals surface area contributed by atoms with Crippen LogP contribution in [-0.4, -0.2) is 29.8 Å². The van der Waals surface area contributed by atoms with Crippen molar-refractivity contribution >= 4 is 11.9 Å². The Morgan fingerprint density at radius 3 is 2.65 bits per heavy atom. The first-order chi connectivity index (χ1) is 9.47. The Hall–Kier alpha value is -2.24. The molecule has 1 amide bonds. The fraction of sp³-hybridized carbons (Fsp3) is 0.429. The molecule has 0 saturated carbocycles. The van der Waals surface area contributed by atoms with Crippen LogP contribution in [0.4, 0.5) is 0 Å². The number of amides is 1. The highest BCUT2D eigenvalue weighted by Crippen LogP contribution is 2.32. The second-order valence-corrected chi connectivity index (χ2v) is 4.99. The van der Waals surface area contributed by atoms with Crippen molar-refractivity contribution in [1.29, 1.82) is 0 Å². The molecule has 1 heterocycles. The smallest absolute Gasteiger partial charge is 0.305 e. The van der Waals surface area contributed by atoms with Crippen molar-refractivity contribution in [3.63, 3.8) is 0 Å².